The van der Waals surface area contributed by atoms with E-state index in [0.29, 0.717) is 0 Å². The zero-order chi connectivity index (χ0) is 34.5. The monoisotopic (exact) mass is 735 g/mol. The number of nitriles is 1. The number of aromatic amines is 2. The van der Waals surface area contributed by atoms with Gasteiger partial charge in [-0.25, -0.2) is 43.3 Å². The number of nitrogens with zero attached hydrogens (tertiary/aromatic N) is 8. The number of nitrogens with two attached hydrogens (primary N) is 1. The average molecular weight is 736 g/mol. The Morgan fingerprint density at radius 1 is 0.880 bits per heavy atom. The normalized spacial score (nSPS) is 27.2. The van der Waals surface area contributed by atoms with Crippen LogP contribution in [0.25, 0.3) is 49.0 Å². The van der Waals surface area contributed by atoms with E-state index in [9.17, 15) is 16.8 Å². The molecule has 12 rings (SSSR count). The summed E-state index contributed by atoms with van der Waals surface area (Å²) in [5.41, 5.74) is 12.2. The minimum absolute atomic E-state index is 0. The number of nitrogens with one attached hydrogen (secondary N) is 2. The van der Waals surface area contributed by atoms with Gasteiger partial charge in [-0.3, -0.25) is 4.85 Å². The second kappa shape index (κ2) is 11.2. The van der Waals surface area contributed by atoms with Crippen LogP contribution in [0.15, 0.2) is 49.6 Å². The Balaban J connectivity index is 0.000000133. The van der Waals surface area contributed by atoms with Crippen LogP contribution in [0.1, 0.15) is 46.0 Å². The Bertz CT molecular complexity index is 2590. The molecule has 6 aliphatic carbocycles. The van der Waals surface area contributed by atoms with Crippen molar-refractivity contribution in [3.8, 4) is 6.07 Å². The molecule has 4 bridgehead atoms. The van der Waals surface area contributed by atoms with E-state index in [2.05, 4.69) is 60.6 Å². The standard InChI is InChI=1S/C16H15N5O2S.C13H13N5.C2H2ClNO2S.CH4/c17-2-4-24(22,23)9-15-6-16(7-15,8-15)21-10-20-12-5-19-14-11(13(12)21)1-3-18-14;14-12-4-13(5-12,6-12)18-7-17-9-3-16-11-8(10(9)18)1-2-15-11;1-4-2-7(3,5)6;/h1,3,5,10H,4,6-9H2,(H,18,19);1-3,7H,4-6,14H2,(H,15,16);2H2;1H4. The highest BCUT2D eigenvalue weighted by Gasteiger charge is 2.70. The first-order valence-electron chi connectivity index (χ1n) is 15.4. The van der Waals surface area contributed by atoms with Crippen molar-refractivity contribution in [2.45, 2.75) is 62.6 Å². The van der Waals surface area contributed by atoms with Crippen LogP contribution >= 0.6 is 10.7 Å². The van der Waals surface area contributed by atoms with Crippen molar-refractivity contribution in [1.82, 2.24) is 39.0 Å². The lowest BCUT2D eigenvalue weighted by atomic mass is 9.40. The quantitative estimate of drug-likeness (QED) is 0.163. The largest absolute Gasteiger partial charge is 0.346 e. The van der Waals surface area contributed by atoms with Crippen LogP contribution in [0.4, 0.5) is 0 Å². The summed E-state index contributed by atoms with van der Waals surface area (Å²) in [4.78, 5) is 26.5. The highest BCUT2D eigenvalue weighted by Crippen LogP contribution is 2.72. The summed E-state index contributed by atoms with van der Waals surface area (Å²) < 4.78 is 48.0. The maximum absolute atomic E-state index is 12.0. The zero-order valence-electron chi connectivity index (χ0n) is 26.0. The van der Waals surface area contributed by atoms with Crippen LogP contribution in [0.5, 0.6) is 0 Å². The Labute approximate surface area is 292 Å². The van der Waals surface area contributed by atoms with Crippen LogP contribution in [0.2, 0.25) is 0 Å². The van der Waals surface area contributed by atoms with Gasteiger partial charge < -0.3 is 24.8 Å². The third kappa shape index (κ3) is 5.31. The summed E-state index contributed by atoms with van der Waals surface area (Å²) in [6.45, 7) is 6.02. The Morgan fingerprint density at radius 3 is 1.76 bits per heavy atom. The van der Waals surface area contributed by atoms with E-state index in [1.165, 1.54) is 5.52 Å². The molecule has 0 aromatic carbocycles. The minimum atomic E-state index is -3.56. The van der Waals surface area contributed by atoms with Gasteiger partial charge in [0.05, 0.1) is 53.4 Å². The molecule has 6 aromatic heterocycles. The van der Waals surface area contributed by atoms with Gasteiger partial charge in [0.25, 0.3) is 0 Å². The molecule has 0 radical (unpaired) electrons. The molecule has 6 heterocycles. The minimum Gasteiger partial charge on any atom is -0.346 e. The number of rotatable bonds is 6. The van der Waals surface area contributed by atoms with Crippen molar-refractivity contribution in [3.63, 3.8) is 0 Å². The molecule has 6 saturated carbocycles. The first kappa shape index (κ1) is 33.9. The van der Waals surface area contributed by atoms with Crippen molar-refractivity contribution in [2.24, 2.45) is 11.1 Å². The van der Waals surface area contributed by atoms with Crippen LogP contribution < -0.4 is 5.73 Å². The Kier molecular flexibility index (Phi) is 7.62. The summed E-state index contributed by atoms with van der Waals surface area (Å²) in [6, 6.07) is 5.84. The first-order valence-corrected chi connectivity index (χ1v) is 19.7. The molecule has 15 nitrogen and oxygen atoms in total. The number of pyridine rings is 2. The lowest BCUT2D eigenvalue weighted by Gasteiger charge is -2.71. The third-order valence-corrected chi connectivity index (χ3v) is 12.7. The molecule has 0 aliphatic heterocycles. The predicted molar refractivity (Wildman–Crippen MR) is 189 cm³/mol. The molecular weight excluding hydrogens is 702 g/mol. The van der Waals surface area contributed by atoms with Gasteiger partial charge in [0.15, 0.2) is 9.84 Å². The number of halogens is 1. The molecule has 6 fully saturated rings. The second-order valence-corrected chi connectivity index (χ2v) is 18.9. The van der Waals surface area contributed by atoms with E-state index in [1.54, 1.807) is 12.3 Å². The van der Waals surface area contributed by atoms with Gasteiger partial charge in [0.2, 0.25) is 0 Å². The number of H-pyrrole nitrogens is 2. The number of sulfone groups is 1. The molecule has 6 aromatic rings. The number of imidazole rings is 2. The summed E-state index contributed by atoms with van der Waals surface area (Å²) >= 11 is 0. The lowest BCUT2D eigenvalue weighted by molar-refractivity contribution is -0.168. The van der Waals surface area contributed by atoms with Gasteiger partial charge in [-0.2, -0.15) is 5.26 Å². The zero-order valence-corrected chi connectivity index (χ0v) is 28.4. The lowest BCUT2D eigenvalue weighted by Crippen LogP contribution is -2.76. The van der Waals surface area contributed by atoms with Gasteiger partial charge in [-0.15, -0.1) is 0 Å². The van der Waals surface area contributed by atoms with E-state index < -0.39 is 24.8 Å². The van der Waals surface area contributed by atoms with Gasteiger partial charge >= 0.3 is 14.9 Å². The van der Waals surface area contributed by atoms with E-state index in [-0.39, 0.29) is 41.0 Å². The molecule has 50 heavy (non-hydrogen) atoms. The molecule has 18 heteroatoms. The summed E-state index contributed by atoms with van der Waals surface area (Å²) in [5, 5.41) is 10.8. The summed E-state index contributed by atoms with van der Waals surface area (Å²) in [7, 11) is -2.24. The van der Waals surface area contributed by atoms with Gasteiger partial charge in [-0.1, -0.05) is 7.43 Å². The predicted octanol–water partition coefficient (Wildman–Crippen LogP) is 4.30. The smallest absolute Gasteiger partial charge is 0.326 e. The highest BCUT2D eigenvalue weighted by atomic mass is 35.7. The second-order valence-electron chi connectivity index (χ2n) is 14.1. The summed E-state index contributed by atoms with van der Waals surface area (Å²) in [6.07, 6.45) is 17.0. The summed E-state index contributed by atoms with van der Waals surface area (Å²) in [5.74, 6) is -0.886. The number of hydrogen-bond donors (Lipinski definition) is 3. The fourth-order valence-corrected chi connectivity index (χ4v) is 10.7. The van der Waals surface area contributed by atoms with Gasteiger partial charge in [-0.05, 0) is 56.1 Å². The fourth-order valence-electron chi connectivity index (χ4n) is 8.84. The van der Waals surface area contributed by atoms with Crippen molar-refractivity contribution in [3.05, 3.63) is 61.0 Å². The van der Waals surface area contributed by atoms with E-state index in [4.69, 9.17) is 17.6 Å². The molecule has 4 N–H and O–H groups in total. The van der Waals surface area contributed by atoms with Crippen LogP contribution in [0, 0.1) is 23.3 Å². The Hall–Kier alpha value is -4.55. The molecule has 6 aliphatic rings. The third-order valence-electron chi connectivity index (χ3n) is 10.4. The van der Waals surface area contributed by atoms with E-state index in [0.717, 1.165) is 77.1 Å². The maximum atomic E-state index is 12.0. The topological polar surface area (TPSA) is 215 Å². The highest BCUT2D eigenvalue weighted by molar-refractivity contribution is 8.13. The Morgan fingerprint density at radius 2 is 1.36 bits per heavy atom. The number of aromatic nitrogens is 8. The van der Waals surface area contributed by atoms with Crippen molar-refractivity contribution in [2.75, 3.05) is 17.4 Å². The van der Waals surface area contributed by atoms with Crippen molar-refractivity contribution < 1.29 is 16.8 Å². The molecule has 0 amide bonds. The van der Waals surface area contributed by atoms with Crippen LogP contribution in [-0.4, -0.2) is 78.8 Å². The van der Waals surface area contributed by atoms with Crippen molar-refractivity contribution >= 4 is 73.7 Å². The van der Waals surface area contributed by atoms with Crippen molar-refractivity contribution in [1.29, 1.82) is 5.26 Å². The number of fused-ring (bicyclic) bond motifs is 6. The molecule has 0 saturated heterocycles. The molecule has 0 unspecified atom stereocenters. The average Bonchev–Trinajstić information content (AvgIpc) is 3.76. The van der Waals surface area contributed by atoms with Crippen LogP contribution in [-0.2, 0) is 30.0 Å². The SMILES string of the molecule is C.N#CCS(=O)(=O)CC12CC(n3cnc4cnc5[nH]ccc5c43)(C1)C2.NC12CC(n3cnc4cnc5[nH]ccc5c43)(C1)C2.[C-]#[N+]CS(=O)(=O)Cl. The maximum Gasteiger partial charge on any atom is 0.326 e. The van der Waals surface area contributed by atoms with Crippen LogP contribution in [0.3, 0.4) is 0 Å². The molecule has 260 valence electrons. The molecule has 0 spiro atoms. The molecular formula is C32H34ClN11O4S2. The molecule has 0 atom stereocenters. The van der Waals surface area contributed by atoms with Gasteiger partial charge in [0, 0.05) is 44.9 Å². The first-order chi connectivity index (χ1) is 23.2. The van der Waals surface area contributed by atoms with Gasteiger partial charge in [0.1, 0.15) is 28.1 Å². The number of hydrogen-bond acceptors (Lipinski definition) is 10. The van der Waals surface area contributed by atoms with E-state index in [1.807, 2.05) is 37.3 Å². The van der Waals surface area contributed by atoms with E-state index >= 15 is 0 Å². The fraction of sp³-hybridized carbons (Fsp3) is 0.438.